The van der Waals surface area contributed by atoms with Crippen LogP contribution >= 0.6 is 7.82 Å². The van der Waals surface area contributed by atoms with Crippen LogP contribution in [0.2, 0.25) is 0 Å². The van der Waals surface area contributed by atoms with E-state index in [9.17, 15) is 19.4 Å². The molecular weight excluding hydrogens is 527 g/mol. The van der Waals surface area contributed by atoms with E-state index in [2.05, 4.69) is 55.6 Å². The van der Waals surface area contributed by atoms with Crippen LogP contribution in [0.3, 0.4) is 0 Å². The van der Waals surface area contributed by atoms with E-state index in [1.807, 2.05) is 21.1 Å². The normalized spacial score (nSPS) is 15.7. The molecule has 0 aliphatic heterocycles. The first-order valence-corrected chi connectivity index (χ1v) is 16.8. The molecule has 2 N–H and O–H groups in total. The number of carbonyl (C=O) groups is 1. The van der Waals surface area contributed by atoms with Crippen LogP contribution in [0.4, 0.5) is 0 Å². The fourth-order valence-corrected chi connectivity index (χ4v) is 4.60. The Bertz CT molecular complexity index is 763. The number of nitrogens with zero attached hydrogens (tertiary/aromatic N) is 1. The van der Waals surface area contributed by atoms with Crippen molar-refractivity contribution >= 4 is 13.7 Å². The molecule has 0 aromatic rings. The highest BCUT2D eigenvalue weighted by atomic mass is 31.2. The molecule has 0 aromatic carbocycles. The van der Waals surface area contributed by atoms with Crippen molar-refractivity contribution in [2.24, 2.45) is 0 Å². The smallest absolute Gasteiger partial charge is 0.268 e. The zero-order valence-corrected chi connectivity index (χ0v) is 26.9. The molecule has 1 amide bonds. The molecule has 0 bridgehead atoms. The Morgan fingerprint density at radius 1 is 0.900 bits per heavy atom. The van der Waals surface area contributed by atoms with E-state index in [4.69, 9.17) is 9.05 Å². The third kappa shape index (κ3) is 25.7. The number of phosphoric ester groups is 1. The molecule has 0 rings (SSSR count). The minimum absolute atomic E-state index is 0.00379. The molecule has 3 unspecified atom stereocenters. The summed E-state index contributed by atoms with van der Waals surface area (Å²) >= 11 is 0. The Labute approximate surface area is 245 Å². The SMILES string of the molecule is CC/C=C\C/C=C\C/C=C\CCCCCC(=O)NC(COP(=O)([O-])OCC[N+](C)(C)C)C(O)CCCCCCC. The van der Waals surface area contributed by atoms with E-state index < -0.39 is 20.0 Å². The van der Waals surface area contributed by atoms with Gasteiger partial charge in [0.1, 0.15) is 13.2 Å². The molecule has 0 saturated heterocycles. The first kappa shape index (κ1) is 38.7. The summed E-state index contributed by atoms with van der Waals surface area (Å²) in [5, 5.41) is 13.5. The Kier molecular flexibility index (Phi) is 23.6. The maximum Gasteiger partial charge on any atom is 0.268 e. The van der Waals surface area contributed by atoms with Crippen LogP contribution in [0.15, 0.2) is 36.5 Å². The number of aliphatic hydroxyl groups is 1. The molecule has 3 atom stereocenters. The van der Waals surface area contributed by atoms with Gasteiger partial charge < -0.3 is 28.8 Å². The summed E-state index contributed by atoms with van der Waals surface area (Å²) in [6.07, 6.45) is 24.7. The van der Waals surface area contributed by atoms with Crippen LogP contribution in [0.25, 0.3) is 0 Å². The maximum atomic E-state index is 12.6. The van der Waals surface area contributed by atoms with Crippen molar-refractivity contribution in [1.29, 1.82) is 0 Å². The van der Waals surface area contributed by atoms with Crippen molar-refractivity contribution in [3.8, 4) is 0 Å². The summed E-state index contributed by atoms with van der Waals surface area (Å²) < 4.78 is 22.8. The minimum Gasteiger partial charge on any atom is -0.756 e. The summed E-state index contributed by atoms with van der Waals surface area (Å²) in [6.45, 7) is 4.43. The highest BCUT2D eigenvalue weighted by molar-refractivity contribution is 7.45. The quantitative estimate of drug-likeness (QED) is 0.0540. The van der Waals surface area contributed by atoms with Crippen molar-refractivity contribution in [1.82, 2.24) is 5.32 Å². The van der Waals surface area contributed by atoms with Crippen LogP contribution in [-0.2, 0) is 18.4 Å². The molecule has 0 radical (unpaired) electrons. The van der Waals surface area contributed by atoms with E-state index in [-0.39, 0.29) is 19.1 Å². The largest absolute Gasteiger partial charge is 0.756 e. The van der Waals surface area contributed by atoms with Gasteiger partial charge in [-0.15, -0.1) is 0 Å². The summed E-state index contributed by atoms with van der Waals surface area (Å²) in [6, 6.07) is -0.809. The Morgan fingerprint density at radius 2 is 1.52 bits per heavy atom. The van der Waals surface area contributed by atoms with Crippen molar-refractivity contribution in [2.45, 2.75) is 116 Å². The molecule has 40 heavy (non-hydrogen) atoms. The average Bonchev–Trinajstić information content (AvgIpc) is 2.88. The predicted octanol–water partition coefficient (Wildman–Crippen LogP) is 6.21. The second-order valence-corrected chi connectivity index (χ2v) is 12.8. The molecule has 0 aliphatic rings. The fourth-order valence-electron chi connectivity index (χ4n) is 3.87. The molecule has 0 fully saturated rings. The first-order chi connectivity index (χ1) is 19.0. The molecule has 9 heteroatoms. The van der Waals surface area contributed by atoms with E-state index in [0.29, 0.717) is 23.9 Å². The zero-order valence-electron chi connectivity index (χ0n) is 26.0. The standard InChI is InChI=1S/C31H59N2O6P/c1-6-8-10-12-13-14-15-16-17-18-19-21-23-25-31(35)32-29(30(34)24-22-20-11-9-7-2)28-39-40(36,37)38-27-26-33(3,4)5/h8,10,13-14,16-17,29-30,34H,6-7,9,11-12,15,18-28H2,1-5H3,(H-,32,35,36,37)/b10-8-,14-13-,17-16-. The van der Waals surface area contributed by atoms with Gasteiger partial charge in [-0.25, -0.2) is 0 Å². The average molecular weight is 587 g/mol. The third-order valence-corrected chi connectivity index (χ3v) is 7.36. The van der Waals surface area contributed by atoms with Gasteiger partial charge in [-0.05, 0) is 44.9 Å². The zero-order chi connectivity index (χ0) is 30.1. The summed E-state index contributed by atoms with van der Waals surface area (Å²) in [4.78, 5) is 24.8. The van der Waals surface area contributed by atoms with Gasteiger partial charge in [-0.1, -0.05) is 88.8 Å². The number of phosphoric acid groups is 1. The van der Waals surface area contributed by atoms with Crippen LogP contribution in [0, 0.1) is 0 Å². The van der Waals surface area contributed by atoms with Gasteiger partial charge in [0.2, 0.25) is 5.91 Å². The monoisotopic (exact) mass is 586 g/mol. The molecule has 0 aromatic heterocycles. The number of quaternary nitrogens is 1. The lowest BCUT2D eigenvalue weighted by Crippen LogP contribution is -2.46. The lowest BCUT2D eigenvalue weighted by Gasteiger charge is -2.30. The van der Waals surface area contributed by atoms with Crippen molar-refractivity contribution in [3.05, 3.63) is 36.5 Å². The summed E-state index contributed by atoms with van der Waals surface area (Å²) in [5.74, 6) is -0.205. The van der Waals surface area contributed by atoms with Gasteiger partial charge in [-0.3, -0.25) is 9.36 Å². The number of likely N-dealkylation sites (N-methyl/N-ethyl adjacent to an activating group) is 1. The van der Waals surface area contributed by atoms with E-state index in [1.165, 1.54) is 0 Å². The Balaban J connectivity index is 4.53. The van der Waals surface area contributed by atoms with Crippen LogP contribution in [0.1, 0.15) is 104 Å². The van der Waals surface area contributed by atoms with Crippen molar-refractivity contribution in [3.63, 3.8) is 0 Å². The number of unbranched alkanes of at least 4 members (excludes halogenated alkanes) is 7. The highest BCUT2D eigenvalue weighted by Gasteiger charge is 2.24. The van der Waals surface area contributed by atoms with Crippen molar-refractivity contribution < 1.29 is 32.9 Å². The molecule has 0 heterocycles. The lowest BCUT2D eigenvalue weighted by molar-refractivity contribution is -0.870. The first-order valence-electron chi connectivity index (χ1n) is 15.3. The van der Waals surface area contributed by atoms with Gasteiger partial charge in [0, 0.05) is 6.42 Å². The molecule has 0 aliphatic carbocycles. The van der Waals surface area contributed by atoms with Gasteiger partial charge in [0.15, 0.2) is 0 Å². The second kappa shape index (κ2) is 24.3. The van der Waals surface area contributed by atoms with Crippen molar-refractivity contribution in [2.75, 3.05) is 40.9 Å². The minimum atomic E-state index is -4.54. The molecule has 234 valence electrons. The topological polar surface area (TPSA) is 108 Å². The number of rotatable bonds is 26. The second-order valence-electron chi connectivity index (χ2n) is 11.4. The number of hydrogen-bond donors (Lipinski definition) is 2. The summed E-state index contributed by atoms with van der Waals surface area (Å²) in [7, 11) is 1.27. The molecular formula is C31H59N2O6P. The number of carbonyl (C=O) groups excluding carboxylic acids is 1. The van der Waals surface area contributed by atoms with E-state index >= 15 is 0 Å². The van der Waals surface area contributed by atoms with Gasteiger partial charge in [-0.2, -0.15) is 0 Å². The van der Waals surface area contributed by atoms with Gasteiger partial charge >= 0.3 is 0 Å². The maximum absolute atomic E-state index is 12.6. The van der Waals surface area contributed by atoms with Crippen LogP contribution in [-0.4, -0.2) is 68.5 Å². The number of hydrogen-bond acceptors (Lipinski definition) is 6. The third-order valence-electron chi connectivity index (χ3n) is 6.39. The number of nitrogens with one attached hydrogen (secondary N) is 1. The van der Waals surface area contributed by atoms with Gasteiger partial charge in [0.25, 0.3) is 7.82 Å². The van der Waals surface area contributed by atoms with Gasteiger partial charge in [0.05, 0.1) is 39.9 Å². The van der Waals surface area contributed by atoms with E-state index in [1.54, 1.807) is 0 Å². The fraction of sp³-hybridized carbons (Fsp3) is 0.774. The predicted molar refractivity (Wildman–Crippen MR) is 164 cm³/mol. The summed E-state index contributed by atoms with van der Waals surface area (Å²) in [5.41, 5.74) is 0. The molecule has 0 spiro atoms. The lowest BCUT2D eigenvalue weighted by atomic mass is 10.0. The molecule has 0 saturated carbocycles. The highest BCUT2D eigenvalue weighted by Crippen LogP contribution is 2.38. The van der Waals surface area contributed by atoms with E-state index in [0.717, 1.165) is 77.0 Å². The number of allylic oxidation sites excluding steroid dienone is 6. The molecule has 8 nitrogen and oxygen atoms in total. The Morgan fingerprint density at radius 3 is 2.17 bits per heavy atom. The Hall–Kier alpha value is -1.28. The van der Waals surface area contributed by atoms with Crippen LogP contribution in [0.5, 0.6) is 0 Å². The number of aliphatic hydroxyl groups excluding tert-OH is 1. The number of amides is 1. The van der Waals surface area contributed by atoms with Crippen LogP contribution < -0.4 is 10.2 Å².